The Labute approximate surface area is 231 Å². The first-order chi connectivity index (χ1) is 18.9. The predicted molar refractivity (Wildman–Crippen MR) is 156 cm³/mol. The van der Waals surface area contributed by atoms with Crippen molar-refractivity contribution in [2.45, 2.75) is 19.4 Å². The molecule has 1 atom stereocenters. The van der Waals surface area contributed by atoms with Crippen LogP contribution < -0.4 is 0 Å². The Balaban J connectivity index is 1.16. The van der Waals surface area contributed by atoms with E-state index in [0.29, 0.717) is 16.5 Å². The SMILES string of the molecule is CS(=O)N1CCC2(CC1)CN(Cc1ccc(C#Cc3cccc(C(=O)O)c3-c3ccc4cc[nH]c4c3)cc1)C2. The molecule has 2 saturated heterocycles. The van der Waals surface area contributed by atoms with Gasteiger partial charge >= 0.3 is 5.97 Å². The quantitative estimate of drug-likeness (QED) is 0.347. The van der Waals surface area contributed by atoms with Gasteiger partial charge in [0.25, 0.3) is 0 Å². The normalized spacial score (nSPS) is 17.9. The van der Waals surface area contributed by atoms with Crippen molar-refractivity contribution in [1.29, 1.82) is 0 Å². The highest BCUT2D eigenvalue weighted by Gasteiger charge is 2.44. The zero-order chi connectivity index (χ0) is 27.0. The van der Waals surface area contributed by atoms with E-state index in [-0.39, 0.29) is 5.56 Å². The molecule has 198 valence electrons. The summed E-state index contributed by atoms with van der Waals surface area (Å²) in [7, 11) is -0.857. The minimum absolute atomic E-state index is 0.240. The first kappa shape index (κ1) is 25.6. The van der Waals surface area contributed by atoms with Crippen LogP contribution in [0.4, 0.5) is 0 Å². The van der Waals surface area contributed by atoms with Crippen molar-refractivity contribution >= 4 is 27.9 Å². The molecule has 2 N–H and O–H groups in total. The van der Waals surface area contributed by atoms with Crippen LogP contribution in [0.25, 0.3) is 22.0 Å². The molecule has 39 heavy (non-hydrogen) atoms. The van der Waals surface area contributed by atoms with Crippen molar-refractivity contribution in [3.05, 3.63) is 95.2 Å². The third-order valence-electron chi connectivity index (χ3n) is 8.10. The van der Waals surface area contributed by atoms with Crippen LogP contribution in [0.3, 0.4) is 0 Å². The average molecular weight is 538 g/mol. The summed E-state index contributed by atoms with van der Waals surface area (Å²) >= 11 is 0. The number of likely N-dealkylation sites (tertiary alicyclic amines) is 1. The topological polar surface area (TPSA) is 76.6 Å². The predicted octanol–water partition coefficient (Wildman–Crippen LogP) is 5.12. The van der Waals surface area contributed by atoms with Gasteiger partial charge in [0.15, 0.2) is 0 Å². The third-order valence-corrected chi connectivity index (χ3v) is 9.20. The number of nitrogens with zero attached hydrogens (tertiary/aromatic N) is 2. The molecule has 3 aromatic carbocycles. The van der Waals surface area contributed by atoms with Gasteiger partial charge < -0.3 is 10.1 Å². The van der Waals surface area contributed by atoms with E-state index in [2.05, 4.69) is 38.2 Å². The van der Waals surface area contributed by atoms with Gasteiger partial charge in [0.2, 0.25) is 0 Å². The van der Waals surface area contributed by atoms with E-state index < -0.39 is 17.0 Å². The number of nitrogens with one attached hydrogen (secondary N) is 1. The van der Waals surface area contributed by atoms with Gasteiger partial charge in [-0.1, -0.05) is 42.2 Å². The number of aromatic carboxylic acids is 1. The molecule has 6 rings (SSSR count). The summed E-state index contributed by atoms with van der Waals surface area (Å²) in [4.78, 5) is 17.8. The Morgan fingerprint density at radius 1 is 1.03 bits per heavy atom. The van der Waals surface area contributed by atoms with Crippen LogP contribution in [0.15, 0.2) is 72.9 Å². The van der Waals surface area contributed by atoms with E-state index in [0.717, 1.165) is 67.6 Å². The molecule has 0 bridgehead atoms. The number of hydrogen-bond donors (Lipinski definition) is 2. The lowest BCUT2D eigenvalue weighted by molar-refractivity contribution is -0.0388. The first-order valence-corrected chi connectivity index (χ1v) is 14.8. The second-order valence-electron chi connectivity index (χ2n) is 10.8. The smallest absolute Gasteiger partial charge is 0.336 e. The molecule has 2 fully saturated rings. The molecule has 2 aliphatic heterocycles. The Morgan fingerprint density at radius 3 is 2.51 bits per heavy atom. The van der Waals surface area contributed by atoms with Crippen molar-refractivity contribution in [2.24, 2.45) is 5.41 Å². The maximum Gasteiger partial charge on any atom is 0.336 e. The lowest BCUT2D eigenvalue weighted by Crippen LogP contribution is -2.59. The highest BCUT2D eigenvalue weighted by molar-refractivity contribution is 7.81. The first-order valence-electron chi connectivity index (χ1n) is 13.2. The van der Waals surface area contributed by atoms with Gasteiger partial charge in [0.05, 0.1) is 16.5 Å². The lowest BCUT2D eigenvalue weighted by Gasteiger charge is -2.53. The standard InChI is InChI=1S/C32H31N3O3S/c1-39(38)35-17-14-32(15-18-35)21-34(22-32)20-24-7-5-23(6-8-24)9-10-26-3-2-4-28(31(36)37)30(26)27-12-11-25-13-16-33-29(25)19-27/h2-8,11-13,16,19,33H,14-15,17-18,20-22H2,1H3,(H,36,37). The van der Waals surface area contributed by atoms with Crippen molar-refractivity contribution in [3.8, 4) is 23.0 Å². The molecule has 0 aliphatic carbocycles. The van der Waals surface area contributed by atoms with E-state index in [1.807, 2.05) is 48.7 Å². The fourth-order valence-corrected chi connectivity index (χ4v) is 6.69. The Bertz CT molecular complexity index is 1610. The number of aromatic nitrogens is 1. The molecule has 1 aromatic heterocycles. The number of H-pyrrole nitrogens is 1. The summed E-state index contributed by atoms with van der Waals surface area (Å²) in [5.41, 5.74) is 5.89. The van der Waals surface area contributed by atoms with Crippen molar-refractivity contribution in [2.75, 3.05) is 32.4 Å². The second-order valence-corrected chi connectivity index (χ2v) is 12.1. The molecule has 4 aromatic rings. The minimum atomic E-state index is -0.969. The number of hydrogen-bond acceptors (Lipinski definition) is 3. The second kappa shape index (κ2) is 10.5. The number of rotatable bonds is 5. The van der Waals surface area contributed by atoms with Crippen LogP contribution in [-0.2, 0) is 17.5 Å². The zero-order valence-electron chi connectivity index (χ0n) is 21.9. The highest BCUT2D eigenvalue weighted by atomic mass is 32.2. The molecular formula is C32H31N3O3S. The lowest BCUT2D eigenvalue weighted by atomic mass is 9.72. The average Bonchev–Trinajstić information content (AvgIpc) is 3.40. The van der Waals surface area contributed by atoms with Crippen LogP contribution in [0, 0.1) is 17.3 Å². The van der Waals surface area contributed by atoms with Gasteiger partial charge in [0.1, 0.15) is 0 Å². The summed E-state index contributed by atoms with van der Waals surface area (Å²) in [5, 5.41) is 11.0. The van der Waals surface area contributed by atoms with Gasteiger partial charge in [-0.2, -0.15) is 0 Å². The van der Waals surface area contributed by atoms with Gasteiger partial charge in [-0.3, -0.25) is 4.90 Å². The van der Waals surface area contributed by atoms with Crippen LogP contribution in [0.1, 0.15) is 39.9 Å². The molecule has 3 heterocycles. The van der Waals surface area contributed by atoms with E-state index in [1.54, 1.807) is 18.4 Å². The van der Waals surface area contributed by atoms with Crippen LogP contribution in [-0.4, -0.2) is 61.9 Å². The van der Waals surface area contributed by atoms with Gasteiger partial charge in [-0.05, 0) is 71.2 Å². The number of aromatic amines is 1. The molecule has 1 unspecified atom stereocenters. The number of carbonyl (C=O) groups is 1. The molecule has 6 nitrogen and oxygen atoms in total. The van der Waals surface area contributed by atoms with Gasteiger partial charge in [-0.25, -0.2) is 13.3 Å². The Kier molecular flexibility index (Phi) is 6.86. The van der Waals surface area contributed by atoms with E-state index >= 15 is 0 Å². The van der Waals surface area contributed by atoms with Crippen LogP contribution in [0.2, 0.25) is 0 Å². The monoisotopic (exact) mass is 537 g/mol. The Hall–Kier alpha value is -3.70. The number of carboxylic acids is 1. The minimum Gasteiger partial charge on any atom is -0.478 e. The number of fused-ring (bicyclic) bond motifs is 1. The molecule has 1 spiro atoms. The maximum atomic E-state index is 12.1. The molecule has 0 radical (unpaired) electrons. The largest absolute Gasteiger partial charge is 0.478 e. The fraction of sp³-hybridized carbons (Fsp3) is 0.281. The van der Waals surface area contributed by atoms with Crippen molar-refractivity contribution < 1.29 is 14.1 Å². The summed E-state index contributed by atoms with van der Waals surface area (Å²) in [6.45, 7) is 5.00. The summed E-state index contributed by atoms with van der Waals surface area (Å²) in [6, 6.07) is 21.5. The van der Waals surface area contributed by atoms with Crippen LogP contribution in [0.5, 0.6) is 0 Å². The molecule has 0 saturated carbocycles. The Morgan fingerprint density at radius 2 is 1.79 bits per heavy atom. The summed E-state index contributed by atoms with van der Waals surface area (Å²) < 4.78 is 13.8. The molecule has 2 aliphatic rings. The van der Waals surface area contributed by atoms with Crippen molar-refractivity contribution in [1.82, 2.24) is 14.2 Å². The number of piperidine rings is 1. The molecule has 0 amide bonds. The van der Waals surface area contributed by atoms with E-state index in [9.17, 15) is 14.1 Å². The summed E-state index contributed by atoms with van der Waals surface area (Å²) in [5.74, 6) is 5.51. The third kappa shape index (κ3) is 5.28. The number of benzene rings is 3. The fourth-order valence-electron chi connectivity index (χ4n) is 5.99. The maximum absolute atomic E-state index is 12.1. The zero-order valence-corrected chi connectivity index (χ0v) is 22.8. The van der Waals surface area contributed by atoms with Gasteiger partial charge in [0, 0.05) is 67.4 Å². The molecule has 7 heteroatoms. The van der Waals surface area contributed by atoms with Gasteiger partial charge in [-0.15, -0.1) is 0 Å². The highest BCUT2D eigenvalue weighted by Crippen LogP contribution is 2.41. The van der Waals surface area contributed by atoms with Crippen LogP contribution >= 0.6 is 0 Å². The van der Waals surface area contributed by atoms with E-state index in [1.165, 1.54) is 5.56 Å². The van der Waals surface area contributed by atoms with Crippen molar-refractivity contribution in [3.63, 3.8) is 0 Å². The molecular weight excluding hydrogens is 506 g/mol. The number of carboxylic acid groups (broad SMARTS) is 1. The summed E-state index contributed by atoms with van der Waals surface area (Å²) in [6.07, 6.45) is 5.90. The van der Waals surface area contributed by atoms with E-state index in [4.69, 9.17) is 0 Å².